The van der Waals surface area contributed by atoms with Gasteiger partial charge >= 0.3 is 0 Å². The van der Waals surface area contributed by atoms with E-state index < -0.39 is 0 Å². The number of hydrogen-bond acceptors (Lipinski definition) is 3. The van der Waals surface area contributed by atoms with E-state index in [9.17, 15) is 0 Å². The zero-order valence-corrected chi connectivity index (χ0v) is 9.93. The first-order valence-corrected chi connectivity index (χ1v) is 6.02. The third-order valence-corrected chi connectivity index (χ3v) is 3.21. The lowest BCUT2D eigenvalue weighted by Gasteiger charge is -2.23. The molecular formula is C13H16N4. The van der Waals surface area contributed by atoms with Gasteiger partial charge in [0, 0.05) is 19.0 Å². The van der Waals surface area contributed by atoms with Gasteiger partial charge in [-0.15, -0.1) is 10.2 Å². The van der Waals surface area contributed by atoms with Crippen LogP contribution < -0.4 is 5.32 Å². The van der Waals surface area contributed by atoms with E-state index in [1.165, 1.54) is 5.56 Å². The number of hydrogen-bond donors (Lipinski definition) is 1. The van der Waals surface area contributed by atoms with Gasteiger partial charge in [-0.05, 0) is 12.5 Å². The van der Waals surface area contributed by atoms with E-state index in [2.05, 4.69) is 51.3 Å². The summed E-state index contributed by atoms with van der Waals surface area (Å²) in [6.45, 7) is 4.02. The van der Waals surface area contributed by atoms with Gasteiger partial charge < -0.3 is 9.88 Å². The van der Waals surface area contributed by atoms with Crippen LogP contribution in [0.25, 0.3) is 0 Å². The van der Waals surface area contributed by atoms with E-state index in [1.54, 1.807) is 0 Å². The molecular weight excluding hydrogens is 212 g/mol. The summed E-state index contributed by atoms with van der Waals surface area (Å²) in [7, 11) is 0. The predicted molar refractivity (Wildman–Crippen MR) is 65.7 cm³/mol. The maximum atomic E-state index is 4.32. The molecule has 0 unspecified atom stereocenters. The Labute approximate surface area is 101 Å². The average Bonchev–Trinajstić information content (AvgIpc) is 2.75. The monoisotopic (exact) mass is 228 g/mol. The largest absolute Gasteiger partial charge is 0.309 e. The van der Waals surface area contributed by atoms with Crippen molar-refractivity contribution < 1.29 is 0 Å². The molecule has 1 aliphatic rings. The van der Waals surface area contributed by atoms with Crippen molar-refractivity contribution in [3.63, 3.8) is 0 Å². The van der Waals surface area contributed by atoms with Crippen LogP contribution in [0, 0.1) is 0 Å². The summed E-state index contributed by atoms with van der Waals surface area (Å²) in [6.07, 6.45) is 0.859. The molecule has 2 heterocycles. The number of nitrogens with zero attached hydrogens (tertiary/aromatic N) is 3. The molecule has 1 aromatic heterocycles. The van der Waals surface area contributed by atoms with Crippen molar-refractivity contribution >= 4 is 0 Å². The van der Waals surface area contributed by atoms with Gasteiger partial charge in [-0.3, -0.25) is 0 Å². The van der Waals surface area contributed by atoms with E-state index in [1.807, 2.05) is 6.07 Å². The minimum absolute atomic E-state index is 0.437. The van der Waals surface area contributed by atoms with Crippen molar-refractivity contribution in [3.8, 4) is 0 Å². The minimum atomic E-state index is 0.437. The second kappa shape index (κ2) is 4.30. The second-order valence-corrected chi connectivity index (χ2v) is 4.54. The number of nitrogens with one attached hydrogen (secondary N) is 1. The summed E-state index contributed by atoms with van der Waals surface area (Å²) in [5.74, 6) is 2.12. The Hall–Kier alpha value is -1.68. The van der Waals surface area contributed by atoms with E-state index in [4.69, 9.17) is 0 Å². The predicted octanol–water partition coefficient (Wildman–Crippen LogP) is 1.53. The fraction of sp³-hybridized carbons (Fsp3) is 0.385. The van der Waals surface area contributed by atoms with Crippen LogP contribution in [0.4, 0.5) is 0 Å². The van der Waals surface area contributed by atoms with Crippen LogP contribution in [0.1, 0.15) is 30.2 Å². The first-order valence-electron chi connectivity index (χ1n) is 6.02. The topological polar surface area (TPSA) is 42.7 Å². The molecule has 3 rings (SSSR count). The van der Waals surface area contributed by atoms with Crippen LogP contribution in [0.5, 0.6) is 0 Å². The van der Waals surface area contributed by atoms with Gasteiger partial charge in [0.25, 0.3) is 0 Å². The van der Waals surface area contributed by atoms with Gasteiger partial charge in [-0.2, -0.15) is 0 Å². The molecule has 0 radical (unpaired) electrons. The van der Waals surface area contributed by atoms with Crippen LogP contribution in [0.2, 0.25) is 0 Å². The zero-order chi connectivity index (χ0) is 11.7. The fourth-order valence-corrected chi connectivity index (χ4v) is 2.37. The van der Waals surface area contributed by atoms with Crippen molar-refractivity contribution in [2.75, 3.05) is 6.54 Å². The third-order valence-electron chi connectivity index (χ3n) is 3.21. The molecule has 0 aliphatic carbocycles. The van der Waals surface area contributed by atoms with E-state index in [0.29, 0.717) is 6.04 Å². The highest BCUT2D eigenvalue weighted by Crippen LogP contribution is 2.17. The van der Waals surface area contributed by atoms with Crippen LogP contribution >= 0.6 is 0 Å². The maximum Gasteiger partial charge on any atom is 0.147 e. The number of aromatic nitrogens is 3. The molecule has 88 valence electrons. The lowest BCUT2D eigenvalue weighted by atomic mass is 10.1. The molecule has 0 saturated heterocycles. The van der Waals surface area contributed by atoms with Gasteiger partial charge in [0.05, 0.1) is 6.54 Å². The van der Waals surface area contributed by atoms with Gasteiger partial charge in [0.1, 0.15) is 11.6 Å². The quantitative estimate of drug-likeness (QED) is 0.847. The van der Waals surface area contributed by atoms with Crippen LogP contribution in [-0.2, 0) is 13.0 Å². The molecule has 1 aliphatic heterocycles. The van der Waals surface area contributed by atoms with Gasteiger partial charge in [0.15, 0.2) is 0 Å². The van der Waals surface area contributed by atoms with Gasteiger partial charge in [-0.1, -0.05) is 30.3 Å². The molecule has 0 amide bonds. The van der Waals surface area contributed by atoms with Crippen LogP contribution in [0.15, 0.2) is 30.3 Å². The van der Waals surface area contributed by atoms with Gasteiger partial charge in [0.2, 0.25) is 0 Å². The Morgan fingerprint density at radius 1 is 1.29 bits per heavy atom. The molecule has 0 saturated carbocycles. The van der Waals surface area contributed by atoms with E-state index in [-0.39, 0.29) is 0 Å². The van der Waals surface area contributed by atoms with Crippen molar-refractivity contribution in [1.29, 1.82) is 0 Å². The Balaban J connectivity index is 1.92. The first kappa shape index (κ1) is 10.5. The molecule has 1 N–H and O–H groups in total. The Morgan fingerprint density at radius 2 is 2.12 bits per heavy atom. The molecule has 0 spiro atoms. The van der Waals surface area contributed by atoms with Crippen LogP contribution in [-0.4, -0.2) is 21.3 Å². The molecule has 0 bridgehead atoms. The average molecular weight is 228 g/mol. The molecule has 4 nitrogen and oxygen atoms in total. The fourth-order valence-electron chi connectivity index (χ4n) is 2.37. The Kier molecular flexibility index (Phi) is 2.65. The summed E-state index contributed by atoms with van der Waals surface area (Å²) in [5, 5.41) is 11.9. The summed E-state index contributed by atoms with van der Waals surface area (Å²) >= 11 is 0. The Morgan fingerprint density at radius 3 is 2.94 bits per heavy atom. The number of fused-ring (bicyclic) bond motifs is 1. The van der Waals surface area contributed by atoms with Crippen molar-refractivity contribution in [1.82, 2.24) is 20.1 Å². The molecule has 2 aromatic rings. The normalized spacial score (nSPS) is 19.0. The molecule has 1 atom stereocenters. The maximum absolute atomic E-state index is 4.32. The third kappa shape index (κ3) is 1.96. The SMILES string of the molecule is C[C@H]1CNCc2nnc(Cc3ccccc3)n21. The van der Waals surface area contributed by atoms with Crippen LogP contribution in [0.3, 0.4) is 0 Å². The highest BCUT2D eigenvalue weighted by Gasteiger charge is 2.20. The molecule has 1 aromatic carbocycles. The smallest absolute Gasteiger partial charge is 0.147 e. The summed E-state index contributed by atoms with van der Waals surface area (Å²) in [5.41, 5.74) is 1.29. The lowest BCUT2D eigenvalue weighted by Crippen LogP contribution is -2.32. The van der Waals surface area contributed by atoms with E-state index >= 15 is 0 Å². The highest BCUT2D eigenvalue weighted by atomic mass is 15.3. The molecule has 0 fully saturated rings. The minimum Gasteiger partial charge on any atom is -0.309 e. The molecule has 17 heavy (non-hydrogen) atoms. The second-order valence-electron chi connectivity index (χ2n) is 4.54. The standard InChI is InChI=1S/C13H16N4/c1-10-8-14-9-13-16-15-12(17(10)13)7-11-5-3-2-4-6-11/h2-6,10,14H,7-9H2,1H3/t10-/m0/s1. The summed E-state index contributed by atoms with van der Waals surface area (Å²) in [4.78, 5) is 0. The van der Waals surface area contributed by atoms with Crippen molar-refractivity contribution in [3.05, 3.63) is 47.5 Å². The zero-order valence-electron chi connectivity index (χ0n) is 9.93. The number of rotatable bonds is 2. The Bertz CT molecular complexity index is 503. The summed E-state index contributed by atoms with van der Waals surface area (Å²) in [6, 6.07) is 10.9. The lowest BCUT2D eigenvalue weighted by molar-refractivity contribution is 0.413. The molecule has 4 heteroatoms. The van der Waals surface area contributed by atoms with Crippen molar-refractivity contribution in [2.45, 2.75) is 25.9 Å². The summed E-state index contributed by atoms with van der Waals surface area (Å²) < 4.78 is 2.27. The van der Waals surface area contributed by atoms with Gasteiger partial charge in [-0.25, -0.2) is 0 Å². The highest BCUT2D eigenvalue weighted by molar-refractivity contribution is 5.19. The van der Waals surface area contributed by atoms with E-state index in [0.717, 1.165) is 31.2 Å². The number of benzene rings is 1. The van der Waals surface area contributed by atoms with Crippen molar-refractivity contribution in [2.24, 2.45) is 0 Å². The first-order chi connectivity index (χ1) is 8.34.